The molecule has 4 rings (SSSR count). The summed E-state index contributed by atoms with van der Waals surface area (Å²) in [5.74, 6) is 2.28. The van der Waals surface area contributed by atoms with E-state index in [-0.39, 0.29) is 18.5 Å². The van der Waals surface area contributed by atoms with Crippen molar-refractivity contribution < 1.29 is 19.0 Å². The van der Waals surface area contributed by atoms with Crippen LogP contribution in [0, 0.1) is 12.8 Å². The third kappa shape index (κ3) is 3.82. The summed E-state index contributed by atoms with van der Waals surface area (Å²) in [6, 6.07) is 9.49. The molecule has 0 bridgehead atoms. The standard InChI is InChI=1S/C22H24ClNO4/c1-14-8-17(23)5-6-18(14)21(25)16-4-3-7-24(12-16)11-15-9-19(26-2)22-20(10-15)27-13-28-22/h5-6,8-10,16H,3-4,7,11-13H2,1-2H3/t16-/m0/s1. The van der Waals surface area contributed by atoms with Gasteiger partial charge in [0.05, 0.1) is 7.11 Å². The predicted octanol–water partition coefficient (Wildman–Crippen LogP) is 4.48. The van der Waals surface area contributed by atoms with Crippen LogP contribution in [0.4, 0.5) is 0 Å². The molecule has 148 valence electrons. The number of carbonyl (C=O) groups excluding carboxylic acids is 1. The highest BCUT2D eigenvalue weighted by Crippen LogP contribution is 2.42. The molecule has 1 saturated heterocycles. The molecule has 2 aliphatic rings. The van der Waals surface area contributed by atoms with Crippen LogP contribution in [0.25, 0.3) is 0 Å². The molecule has 0 aliphatic carbocycles. The lowest BCUT2D eigenvalue weighted by Gasteiger charge is -2.32. The summed E-state index contributed by atoms with van der Waals surface area (Å²) in [7, 11) is 1.63. The molecule has 28 heavy (non-hydrogen) atoms. The van der Waals surface area contributed by atoms with Gasteiger partial charge < -0.3 is 14.2 Å². The molecular formula is C22H24ClNO4. The summed E-state index contributed by atoms with van der Waals surface area (Å²) < 4.78 is 16.4. The molecule has 1 atom stereocenters. The molecule has 2 aromatic carbocycles. The highest BCUT2D eigenvalue weighted by atomic mass is 35.5. The first-order chi connectivity index (χ1) is 13.5. The molecule has 0 unspecified atom stereocenters. The number of benzene rings is 2. The fourth-order valence-electron chi connectivity index (χ4n) is 4.07. The number of Topliss-reactive ketones (excluding diaryl/α,β-unsaturated/α-hetero) is 1. The number of ketones is 1. The Labute approximate surface area is 170 Å². The normalized spacial score (nSPS) is 18.9. The second-order valence-corrected chi connectivity index (χ2v) is 7.87. The summed E-state index contributed by atoms with van der Waals surface area (Å²) in [5.41, 5.74) is 2.81. The largest absolute Gasteiger partial charge is 0.493 e. The van der Waals surface area contributed by atoms with Gasteiger partial charge >= 0.3 is 0 Å². The minimum absolute atomic E-state index is 0.00420. The number of hydrogen-bond acceptors (Lipinski definition) is 5. The van der Waals surface area contributed by atoms with E-state index in [1.807, 2.05) is 31.2 Å². The number of piperidine rings is 1. The third-order valence-electron chi connectivity index (χ3n) is 5.45. The van der Waals surface area contributed by atoms with E-state index in [4.69, 9.17) is 25.8 Å². The van der Waals surface area contributed by atoms with Gasteiger partial charge in [-0.2, -0.15) is 0 Å². The second-order valence-electron chi connectivity index (χ2n) is 7.43. The molecular weight excluding hydrogens is 378 g/mol. The number of rotatable bonds is 5. The van der Waals surface area contributed by atoms with E-state index in [1.54, 1.807) is 13.2 Å². The minimum Gasteiger partial charge on any atom is -0.493 e. The zero-order valence-corrected chi connectivity index (χ0v) is 16.9. The van der Waals surface area contributed by atoms with Crippen LogP contribution in [0.15, 0.2) is 30.3 Å². The maximum Gasteiger partial charge on any atom is 0.231 e. The van der Waals surface area contributed by atoms with E-state index >= 15 is 0 Å². The van der Waals surface area contributed by atoms with Crippen LogP contribution in [-0.2, 0) is 6.54 Å². The van der Waals surface area contributed by atoms with E-state index in [1.165, 1.54) is 0 Å². The quantitative estimate of drug-likeness (QED) is 0.691. The van der Waals surface area contributed by atoms with Crippen LogP contribution in [-0.4, -0.2) is 37.7 Å². The van der Waals surface area contributed by atoms with Crippen molar-refractivity contribution in [3.05, 3.63) is 52.0 Å². The predicted molar refractivity (Wildman–Crippen MR) is 108 cm³/mol. The Bertz CT molecular complexity index is 898. The zero-order valence-electron chi connectivity index (χ0n) is 16.2. The Hall–Kier alpha value is -2.24. The van der Waals surface area contributed by atoms with E-state index in [0.29, 0.717) is 16.5 Å². The maximum absolute atomic E-state index is 13.1. The van der Waals surface area contributed by atoms with Gasteiger partial charge in [0.1, 0.15) is 0 Å². The zero-order chi connectivity index (χ0) is 19.7. The van der Waals surface area contributed by atoms with Gasteiger partial charge in [-0.15, -0.1) is 0 Å². The monoisotopic (exact) mass is 401 g/mol. The Morgan fingerprint density at radius 1 is 1.29 bits per heavy atom. The van der Waals surface area contributed by atoms with Crippen LogP contribution >= 0.6 is 11.6 Å². The average molecular weight is 402 g/mol. The van der Waals surface area contributed by atoms with Crippen molar-refractivity contribution in [1.82, 2.24) is 4.90 Å². The third-order valence-corrected chi connectivity index (χ3v) is 5.69. The molecule has 0 N–H and O–H groups in total. The Morgan fingerprint density at radius 3 is 2.93 bits per heavy atom. The van der Waals surface area contributed by atoms with Crippen molar-refractivity contribution in [3.63, 3.8) is 0 Å². The lowest BCUT2D eigenvalue weighted by atomic mass is 9.88. The number of likely N-dealkylation sites (tertiary alicyclic amines) is 1. The lowest BCUT2D eigenvalue weighted by Crippen LogP contribution is -2.38. The number of halogens is 1. The van der Waals surface area contributed by atoms with Crippen molar-refractivity contribution in [1.29, 1.82) is 0 Å². The van der Waals surface area contributed by atoms with Crippen molar-refractivity contribution in [2.24, 2.45) is 5.92 Å². The maximum atomic E-state index is 13.1. The Kier molecular flexibility index (Phi) is 5.47. The van der Waals surface area contributed by atoms with Crippen LogP contribution < -0.4 is 14.2 Å². The van der Waals surface area contributed by atoms with Gasteiger partial charge in [-0.25, -0.2) is 0 Å². The smallest absolute Gasteiger partial charge is 0.231 e. The summed E-state index contributed by atoms with van der Waals surface area (Å²) in [4.78, 5) is 15.4. The molecule has 0 amide bonds. The van der Waals surface area contributed by atoms with E-state index in [9.17, 15) is 4.79 Å². The number of hydrogen-bond donors (Lipinski definition) is 0. The fraction of sp³-hybridized carbons (Fsp3) is 0.409. The molecule has 2 aliphatic heterocycles. The van der Waals surface area contributed by atoms with Crippen LogP contribution in [0.2, 0.25) is 5.02 Å². The SMILES string of the molecule is COc1cc(CN2CCC[C@H](C(=O)c3ccc(Cl)cc3C)C2)cc2c1OCO2. The average Bonchev–Trinajstić information content (AvgIpc) is 3.16. The first kappa shape index (κ1) is 19.1. The molecule has 1 fully saturated rings. The van der Waals surface area contributed by atoms with Gasteiger partial charge in [-0.05, 0) is 67.8 Å². The summed E-state index contributed by atoms with van der Waals surface area (Å²) in [6.07, 6.45) is 1.92. The van der Waals surface area contributed by atoms with E-state index in [0.717, 1.165) is 54.9 Å². The van der Waals surface area contributed by atoms with Gasteiger partial charge in [0.15, 0.2) is 17.3 Å². The molecule has 2 aromatic rings. The lowest BCUT2D eigenvalue weighted by molar-refractivity contribution is 0.0810. The summed E-state index contributed by atoms with van der Waals surface area (Å²) >= 11 is 6.04. The molecule has 0 radical (unpaired) electrons. The number of methoxy groups -OCH3 is 1. The summed E-state index contributed by atoms with van der Waals surface area (Å²) in [5, 5.41) is 0.663. The minimum atomic E-state index is 0.00420. The van der Waals surface area contributed by atoms with Crippen LogP contribution in [0.1, 0.15) is 34.3 Å². The Balaban J connectivity index is 1.48. The number of fused-ring (bicyclic) bond motifs is 1. The van der Waals surface area contributed by atoms with Crippen molar-refractivity contribution in [2.45, 2.75) is 26.3 Å². The van der Waals surface area contributed by atoms with Gasteiger partial charge in [0.2, 0.25) is 12.5 Å². The number of aryl methyl sites for hydroxylation is 1. The number of carbonyl (C=O) groups is 1. The molecule has 0 saturated carbocycles. The van der Waals surface area contributed by atoms with Gasteiger partial charge in [0.25, 0.3) is 0 Å². The summed E-state index contributed by atoms with van der Waals surface area (Å²) in [6.45, 7) is 4.63. The first-order valence-corrected chi connectivity index (χ1v) is 9.92. The molecule has 2 heterocycles. The Morgan fingerprint density at radius 2 is 2.14 bits per heavy atom. The first-order valence-electron chi connectivity index (χ1n) is 9.54. The van der Waals surface area contributed by atoms with Crippen LogP contribution in [0.3, 0.4) is 0 Å². The van der Waals surface area contributed by atoms with Crippen molar-refractivity contribution in [2.75, 3.05) is 27.0 Å². The van der Waals surface area contributed by atoms with Crippen LogP contribution in [0.5, 0.6) is 17.2 Å². The topological polar surface area (TPSA) is 48.0 Å². The molecule has 0 spiro atoms. The van der Waals surface area contributed by atoms with Gasteiger partial charge in [-0.3, -0.25) is 9.69 Å². The fourth-order valence-corrected chi connectivity index (χ4v) is 4.30. The van der Waals surface area contributed by atoms with Crippen molar-refractivity contribution >= 4 is 17.4 Å². The number of ether oxygens (including phenoxy) is 3. The van der Waals surface area contributed by atoms with Gasteiger partial charge in [-0.1, -0.05) is 11.6 Å². The molecule has 6 heteroatoms. The van der Waals surface area contributed by atoms with Crippen molar-refractivity contribution in [3.8, 4) is 17.2 Å². The highest BCUT2D eigenvalue weighted by Gasteiger charge is 2.28. The molecule has 5 nitrogen and oxygen atoms in total. The van der Waals surface area contributed by atoms with E-state index in [2.05, 4.69) is 4.90 Å². The van der Waals surface area contributed by atoms with E-state index < -0.39 is 0 Å². The number of nitrogens with zero attached hydrogens (tertiary/aromatic N) is 1. The molecule has 0 aromatic heterocycles. The second kappa shape index (κ2) is 8.02. The van der Waals surface area contributed by atoms with Gasteiger partial charge in [0, 0.05) is 29.6 Å². The highest BCUT2D eigenvalue weighted by molar-refractivity contribution is 6.30.